The van der Waals surface area contributed by atoms with E-state index in [2.05, 4.69) is 10.3 Å². The molecule has 1 aromatic carbocycles. The van der Waals surface area contributed by atoms with Crippen LogP contribution in [-0.4, -0.2) is 34.8 Å². The van der Waals surface area contributed by atoms with Crippen LogP contribution in [0.5, 0.6) is 0 Å². The Morgan fingerprint density at radius 3 is 2.83 bits per heavy atom. The molecule has 1 fully saturated rings. The van der Waals surface area contributed by atoms with E-state index in [4.69, 9.17) is 0 Å². The number of hydrogen-bond acceptors (Lipinski definition) is 3. The Bertz CT molecular complexity index is 807. The van der Waals surface area contributed by atoms with E-state index < -0.39 is 11.9 Å². The molecule has 3 rings (SSSR count). The molecule has 5 nitrogen and oxygen atoms in total. The van der Waals surface area contributed by atoms with E-state index >= 15 is 0 Å². The van der Waals surface area contributed by atoms with Crippen LogP contribution in [0.2, 0.25) is 0 Å². The van der Waals surface area contributed by atoms with Gasteiger partial charge in [0.05, 0.1) is 5.56 Å². The average molecular weight is 327 g/mol. The van der Waals surface area contributed by atoms with Crippen LogP contribution in [0.25, 0.3) is 0 Å². The minimum atomic E-state index is -0.844. The number of halogens is 1. The highest BCUT2D eigenvalue weighted by Gasteiger charge is 2.35. The summed E-state index contributed by atoms with van der Waals surface area (Å²) in [6.07, 6.45) is 1.51. The molecule has 1 aliphatic heterocycles. The second-order valence-electron chi connectivity index (χ2n) is 5.87. The predicted molar refractivity (Wildman–Crippen MR) is 86.9 cm³/mol. The van der Waals surface area contributed by atoms with E-state index in [1.165, 1.54) is 29.3 Å². The van der Waals surface area contributed by atoms with Gasteiger partial charge in [-0.1, -0.05) is 12.1 Å². The Balaban J connectivity index is 1.98. The van der Waals surface area contributed by atoms with Gasteiger partial charge < -0.3 is 10.2 Å². The monoisotopic (exact) mass is 327 g/mol. The van der Waals surface area contributed by atoms with Gasteiger partial charge in [-0.15, -0.1) is 0 Å². The number of benzene rings is 1. The molecule has 2 heterocycles. The van der Waals surface area contributed by atoms with Gasteiger partial charge in [-0.05, 0) is 43.2 Å². The van der Waals surface area contributed by atoms with Crippen molar-refractivity contribution >= 4 is 11.8 Å². The fourth-order valence-electron chi connectivity index (χ4n) is 2.82. The lowest BCUT2D eigenvalue weighted by Crippen LogP contribution is -2.52. The zero-order valence-electron chi connectivity index (χ0n) is 13.5. The standard InChI is InChI=1S/C18H18FN3O2/c1-11-8-14(10-21-12(11)2)18(24)22-7-6-20-17(23)16(22)13-4-3-5-15(19)9-13/h3-5,8-10,16H,6-7H2,1-2H3,(H,20,23)/t16-/m1/s1. The Labute approximate surface area is 139 Å². The summed E-state index contributed by atoms with van der Waals surface area (Å²) in [6, 6.07) is 6.70. The first-order chi connectivity index (χ1) is 11.5. The largest absolute Gasteiger partial charge is 0.352 e. The normalized spacial score (nSPS) is 17.5. The zero-order valence-corrected chi connectivity index (χ0v) is 13.5. The molecule has 0 saturated carbocycles. The van der Waals surface area contributed by atoms with Crippen LogP contribution < -0.4 is 5.32 Å². The van der Waals surface area contributed by atoms with Crippen LogP contribution >= 0.6 is 0 Å². The van der Waals surface area contributed by atoms with E-state index in [0.717, 1.165) is 11.3 Å². The minimum Gasteiger partial charge on any atom is -0.352 e. The van der Waals surface area contributed by atoms with Crippen LogP contribution in [-0.2, 0) is 4.79 Å². The molecule has 2 aromatic rings. The summed E-state index contributed by atoms with van der Waals surface area (Å²) < 4.78 is 13.6. The molecular formula is C18H18FN3O2. The summed E-state index contributed by atoms with van der Waals surface area (Å²) in [6.45, 7) is 4.48. The summed E-state index contributed by atoms with van der Waals surface area (Å²) in [4.78, 5) is 30.9. The maximum Gasteiger partial charge on any atom is 0.256 e. The molecule has 6 heteroatoms. The highest BCUT2D eigenvalue weighted by atomic mass is 19.1. The summed E-state index contributed by atoms with van der Waals surface area (Å²) in [5, 5.41) is 2.74. The highest BCUT2D eigenvalue weighted by Crippen LogP contribution is 2.26. The molecule has 1 saturated heterocycles. The van der Waals surface area contributed by atoms with E-state index in [1.807, 2.05) is 13.8 Å². The fraction of sp³-hybridized carbons (Fsp3) is 0.278. The Hall–Kier alpha value is -2.76. The van der Waals surface area contributed by atoms with Gasteiger partial charge in [0.1, 0.15) is 11.9 Å². The molecule has 0 aliphatic carbocycles. The highest BCUT2D eigenvalue weighted by molar-refractivity contribution is 5.98. The van der Waals surface area contributed by atoms with Crippen LogP contribution in [0.1, 0.15) is 33.2 Å². The second kappa shape index (κ2) is 6.39. The van der Waals surface area contributed by atoms with Gasteiger partial charge in [0.2, 0.25) is 5.91 Å². The Morgan fingerprint density at radius 1 is 1.33 bits per heavy atom. The lowest BCUT2D eigenvalue weighted by Gasteiger charge is -2.35. The summed E-state index contributed by atoms with van der Waals surface area (Å²) in [5.74, 6) is -1.03. The van der Waals surface area contributed by atoms with Crippen LogP contribution in [0, 0.1) is 19.7 Å². The van der Waals surface area contributed by atoms with Gasteiger partial charge in [0, 0.05) is 25.0 Å². The fourth-order valence-corrected chi connectivity index (χ4v) is 2.82. The summed E-state index contributed by atoms with van der Waals surface area (Å²) in [7, 11) is 0. The zero-order chi connectivity index (χ0) is 17.3. The number of aryl methyl sites for hydroxylation is 2. The van der Waals surface area contributed by atoms with Crippen molar-refractivity contribution in [3.05, 3.63) is 64.7 Å². The Kier molecular flexibility index (Phi) is 4.29. The van der Waals surface area contributed by atoms with Crippen molar-refractivity contribution in [3.8, 4) is 0 Å². The van der Waals surface area contributed by atoms with Crippen molar-refractivity contribution in [1.82, 2.24) is 15.2 Å². The van der Waals surface area contributed by atoms with Gasteiger partial charge in [-0.25, -0.2) is 4.39 Å². The number of aromatic nitrogens is 1. The van der Waals surface area contributed by atoms with E-state index in [1.54, 1.807) is 12.1 Å². The molecule has 124 valence electrons. The van der Waals surface area contributed by atoms with Crippen molar-refractivity contribution in [3.63, 3.8) is 0 Å². The van der Waals surface area contributed by atoms with Gasteiger partial charge >= 0.3 is 0 Å². The third kappa shape index (κ3) is 2.99. The molecule has 1 aliphatic rings. The number of piperazine rings is 1. The van der Waals surface area contributed by atoms with Crippen molar-refractivity contribution < 1.29 is 14.0 Å². The second-order valence-corrected chi connectivity index (χ2v) is 5.87. The third-order valence-corrected chi connectivity index (χ3v) is 4.22. The average Bonchev–Trinajstić information content (AvgIpc) is 2.56. The molecule has 0 spiro atoms. The molecular weight excluding hydrogens is 309 g/mol. The van der Waals surface area contributed by atoms with E-state index in [-0.39, 0.29) is 11.8 Å². The van der Waals surface area contributed by atoms with Gasteiger partial charge in [0.25, 0.3) is 5.91 Å². The lowest BCUT2D eigenvalue weighted by atomic mass is 10.0. The van der Waals surface area contributed by atoms with Crippen LogP contribution in [0.4, 0.5) is 4.39 Å². The van der Waals surface area contributed by atoms with Gasteiger partial charge in [-0.2, -0.15) is 0 Å². The van der Waals surface area contributed by atoms with Crippen LogP contribution in [0.3, 0.4) is 0 Å². The summed E-state index contributed by atoms with van der Waals surface area (Å²) >= 11 is 0. The number of rotatable bonds is 2. The molecule has 1 atom stereocenters. The smallest absolute Gasteiger partial charge is 0.256 e. The molecule has 0 unspecified atom stereocenters. The summed E-state index contributed by atoms with van der Waals surface area (Å²) in [5.41, 5.74) is 2.64. The number of pyridine rings is 1. The number of nitrogens with zero attached hydrogens (tertiary/aromatic N) is 2. The first-order valence-electron chi connectivity index (χ1n) is 7.75. The van der Waals surface area contributed by atoms with Crippen molar-refractivity contribution in [2.45, 2.75) is 19.9 Å². The maximum atomic E-state index is 13.6. The molecule has 0 radical (unpaired) electrons. The van der Waals surface area contributed by atoms with Gasteiger partial charge in [-0.3, -0.25) is 14.6 Å². The number of nitrogens with one attached hydrogen (secondary N) is 1. The molecule has 24 heavy (non-hydrogen) atoms. The first kappa shape index (κ1) is 16.1. The van der Waals surface area contributed by atoms with E-state index in [0.29, 0.717) is 24.2 Å². The maximum absolute atomic E-state index is 13.6. The predicted octanol–water partition coefficient (Wildman–Crippen LogP) is 2.15. The van der Waals surface area contributed by atoms with Crippen molar-refractivity contribution in [2.24, 2.45) is 0 Å². The third-order valence-electron chi connectivity index (χ3n) is 4.22. The Morgan fingerprint density at radius 2 is 2.12 bits per heavy atom. The number of amides is 2. The number of carbonyl (C=O) groups excluding carboxylic acids is 2. The molecule has 0 bridgehead atoms. The molecule has 1 N–H and O–H groups in total. The molecule has 2 amide bonds. The van der Waals surface area contributed by atoms with Gasteiger partial charge in [0.15, 0.2) is 0 Å². The van der Waals surface area contributed by atoms with Crippen molar-refractivity contribution in [1.29, 1.82) is 0 Å². The SMILES string of the molecule is Cc1cc(C(=O)N2CCNC(=O)[C@H]2c2cccc(F)c2)cnc1C. The first-order valence-corrected chi connectivity index (χ1v) is 7.75. The number of carbonyl (C=O) groups is 2. The topological polar surface area (TPSA) is 62.3 Å². The number of hydrogen-bond donors (Lipinski definition) is 1. The minimum absolute atomic E-state index is 0.283. The van der Waals surface area contributed by atoms with E-state index in [9.17, 15) is 14.0 Å². The molecule has 1 aromatic heterocycles. The lowest BCUT2D eigenvalue weighted by molar-refractivity contribution is -0.128. The quantitative estimate of drug-likeness (QED) is 0.919. The van der Waals surface area contributed by atoms with Crippen LogP contribution in [0.15, 0.2) is 36.5 Å². The van der Waals surface area contributed by atoms with Crippen molar-refractivity contribution in [2.75, 3.05) is 13.1 Å².